The van der Waals surface area contributed by atoms with E-state index in [1.54, 1.807) is 0 Å². The first-order chi connectivity index (χ1) is 65.5. The first-order valence-electron chi connectivity index (χ1n) is 45.7. The predicted octanol–water partition coefficient (Wildman–Crippen LogP) is 34.0. The van der Waals surface area contributed by atoms with E-state index < -0.39 is 10.8 Å². The van der Waals surface area contributed by atoms with E-state index in [0.29, 0.717) is 0 Å². The normalized spacial score (nSPS) is 12.8. The van der Waals surface area contributed by atoms with Crippen molar-refractivity contribution in [1.82, 2.24) is 4.57 Å². The van der Waals surface area contributed by atoms with Gasteiger partial charge in [-0.15, -0.1) is 0 Å². The molecule has 21 aromatic carbocycles. The van der Waals surface area contributed by atoms with Crippen molar-refractivity contribution in [2.75, 3.05) is 9.80 Å². The molecule has 0 saturated heterocycles. The largest absolute Gasteiger partial charge is 0.455 e. The molecule has 4 heteroatoms. The van der Waals surface area contributed by atoms with Crippen LogP contribution in [0, 0.1) is 0 Å². The van der Waals surface area contributed by atoms with E-state index in [1.165, 1.54) is 166 Å². The van der Waals surface area contributed by atoms with Crippen LogP contribution in [0.5, 0.6) is 0 Å². The van der Waals surface area contributed by atoms with Crippen LogP contribution in [0.2, 0.25) is 0 Å². The maximum atomic E-state index is 6.48. The fourth-order valence-corrected chi connectivity index (χ4v) is 22.7. The van der Waals surface area contributed by atoms with Crippen LogP contribution >= 0.6 is 0 Å². The van der Waals surface area contributed by atoms with Gasteiger partial charge in [-0.3, -0.25) is 0 Å². The maximum Gasteiger partial charge on any atom is 0.143 e. The van der Waals surface area contributed by atoms with Gasteiger partial charge in [-0.05, 0) is 259 Å². The Hall–Kier alpha value is -17.2. The molecule has 0 saturated carbocycles. The quantitative estimate of drug-likeness (QED) is 0.129. The minimum atomic E-state index is -0.530. The summed E-state index contributed by atoms with van der Waals surface area (Å²) in [6, 6.07) is 185. The van der Waals surface area contributed by atoms with Gasteiger partial charge in [-0.1, -0.05) is 394 Å². The average molecular weight is 1680 g/mol. The van der Waals surface area contributed by atoms with Crippen LogP contribution in [0.3, 0.4) is 0 Å². The number of benzene rings is 21. The molecule has 4 aliphatic carbocycles. The number of para-hydroxylation sites is 4. The van der Waals surface area contributed by atoms with Crippen molar-refractivity contribution in [2.24, 2.45) is 0 Å². The zero-order chi connectivity index (χ0) is 87.0. The fraction of sp³-hybridized carbons (Fsp3) is 0.0156. The molecule has 27 rings (SSSR count). The molecule has 616 valence electrons. The van der Waals surface area contributed by atoms with E-state index in [0.717, 1.165) is 72.9 Å². The zero-order valence-electron chi connectivity index (χ0n) is 72.2. The molecule has 0 atom stereocenters. The maximum absolute atomic E-state index is 6.48. The Morgan fingerprint density at radius 2 is 0.462 bits per heavy atom. The van der Waals surface area contributed by atoms with Gasteiger partial charge >= 0.3 is 0 Å². The predicted molar refractivity (Wildman–Crippen MR) is 549 cm³/mol. The zero-order valence-corrected chi connectivity index (χ0v) is 72.2. The van der Waals surface area contributed by atoms with Gasteiger partial charge in [0.15, 0.2) is 0 Å². The number of hydrogen-bond donors (Lipinski definition) is 0. The number of anilines is 6. The molecule has 2 aromatic heterocycles. The Balaban J connectivity index is 0.000000139. The number of hydrogen-bond acceptors (Lipinski definition) is 3. The van der Waals surface area contributed by atoms with Gasteiger partial charge in [0.05, 0.1) is 21.9 Å². The van der Waals surface area contributed by atoms with E-state index in [4.69, 9.17) is 4.42 Å². The van der Waals surface area contributed by atoms with Gasteiger partial charge in [-0.25, -0.2) is 0 Å². The van der Waals surface area contributed by atoms with Gasteiger partial charge in [0.1, 0.15) is 11.2 Å². The molecule has 23 aromatic rings. The second kappa shape index (κ2) is 30.8. The second-order valence-electron chi connectivity index (χ2n) is 35.1. The average Bonchev–Trinajstić information content (AvgIpc) is 1.52. The highest BCUT2D eigenvalue weighted by atomic mass is 16.3. The number of nitrogens with zero attached hydrogens (tertiary/aromatic N) is 3. The number of aromatic nitrogens is 1. The van der Waals surface area contributed by atoms with Crippen LogP contribution in [0.4, 0.5) is 34.1 Å². The standard InChI is InChI=1S/C67H44N2.C61H39NO/c1-3-17-45(18-4-1)46-31-36-50(37-32-46)68(52-40-42-66-60(44-52)58-26-12-16-30-65(58)69(66)49-19-5-2-6-20-49)51-38-33-47(34-39-51)48-35-41-64-59(43-48)57-25-11-15-29-63(57)67(64)61-27-13-9-23-55(61)53-21-7-8-22-54(53)56-24-10-14-28-62(56)67;1-2-15-40(16-3-1)41-29-33-43(34-30-41)62(44-35-31-42(32-36-44)46-23-14-24-53-52-22-9-13-28-59(52)63-60(46)53)45-37-38-58-54(39-45)51-21-8-12-27-57(51)61(58)55-25-10-6-19-49(55)47-17-4-5-18-48(47)50-20-7-11-26-56(50)61/h1-44H;1-39H. The lowest BCUT2D eigenvalue weighted by atomic mass is 9.66. The highest BCUT2D eigenvalue weighted by Gasteiger charge is 2.52. The van der Waals surface area contributed by atoms with E-state index in [1.807, 2.05) is 12.1 Å². The van der Waals surface area contributed by atoms with Crippen LogP contribution in [0.25, 0.3) is 161 Å². The van der Waals surface area contributed by atoms with Crippen molar-refractivity contribution >= 4 is 77.9 Å². The number of fused-ring (bicyclic) bond motifs is 30. The molecule has 4 aliphatic rings. The van der Waals surface area contributed by atoms with Gasteiger partial charge in [0, 0.05) is 66.9 Å². The summed E-state index contributed by atoms with van der Waals surface area (Å²) in [4.78, 5) is 4.80. The van der Waals surface area contributed by atoms with E-state index in [-0.39, 0.29) is 0 Å². The molecular weight excluding hydrogens is 1600 g/mol. The summed E-state index contributed by atoms with van der Waals surface area (Å²) in [7, 11) is 0. The van der Waals surface area contributed by atoms with Crippen molar-refractivity contribution in [3.8, 4) is 117 Å². The van der Waals surface area contributed by atoms with Crippen LogP contribution < -0.4 is 9.80 Å². The smallest absolute Gasteiger partial charge is 0.143 e. The summed E-state index contributed by atoms with van der Waals surface area (Å²) in [5.74, 6) is 0. The lowest BCUT2D eigenvalue weighted by Crippen LogP contribution is -2.29. The SMILES string of the molecule is c1ccc(-c2ccc(N(c3ccc(-c4ccc5c(c4)-c4ccccc4C54c5ccccc5-c5ccccc5-c5ccccc54)cc3)c3ccc4c(c3)c3ccccc3n4-c3ccccc3)cc2)cc1.c1ccc(-c2ccc(N(c3ccc(-c4cccc5c4oc4ccccc45)cc3)c3ccc4c(c3)-c3ccccc3C43c4ccccc4-c4ccccc4-c4ccccc43)cc2)cc1. The molecule has 0 fully saturated rings. The third-order valence-electron chi connectivity index (χ3n) is 28.4. The molecular formula is C128H83N3O. The minimum absolute atomic E-state index is 0.494. The molecule has 0 amide bonds. The summed E-state index contributed by atoms with van der Waals surface area (Å²) in [6.07, 6.45) is 0. The first-order valence-corrected chi connectivity index (χ1v) is 45.7. The van der Waals surface area contributed by atoms with Crippen molar-refractivity contribution in [3.63, 3.8) is 0 Å². The molecule has 0 radical (unpaired) electrons. The van der Waals surface area contributed by atoms with Crippen LogP contribution in [-0.2, 0) is 10.8 Å². The second-order valence-corrected chi connectivity index (χ2v) is 35.1. The third kappa shape index (κ3) is 11.8. The Bertz CT molecular complexity index is 8360. The lowest BCUT2D eigenvalue weighted by molar-refractivity contribution is 0.670. The van der Waals surface area contributed by atoms with Gasteiger partial charge in [0.25, 0.3) is 0 Å². The molecule has 2 spiro atoms. The Labute approximate surface area is 767 Å². The summed E-state index contributed by atoms with van der Waals surface area (Å²) in [5, 5.41) is 4.71. The minimum Gasteiger partial charge on any atom is -0.455 e. The summed E-state index contributed by atoms with van der Waals surface area (Å²) < 4.78 is 8.86. The first kappa shape index (κ1) is 76.1. The van der Waals surface area contributed by atoms with Gasteiger partial charge in [0.2, 0.25) is 0 Å². The van der Waals surface area contributed by atoms with Crippen molar-refractivity contribution in [3.05, 3.63) is 548 Å². The van der Waals surface area contributed by atoms with Gasteiger partial charge in [-0.2, -0.15) is 0 Å². The fourth-order valence-electron chi connectivity index (χ4n) is 22.7. The third-order valence-corrected chi connectivity index (χ3v) is 28.4. The lowest BCUT2D eigenvalue weighted by Gasteiger charge is -2.35. The van der Waals surface area contributed by atoms with Crippen LogP contribution in [-0.4, -0.2) is 4.57 Å². The van der Waals surface area contributed by atoms with Crippen LogP contribution in [0.1, 0.15) is 44.5 Å². The molecule has 132 heavy (non-hydrogen) atoms. The Morgan fingerprint density at radius 1 is 0.167 bits per heavy atom. The Morgan fingerprint density at radius 3 is 0.924 bits per heavy atom. The molecule has 0 unspecified atom stereocenters. The molecule has 4 nitrogen and oxygen atoms in total. The Kier molecular flexibility index (Phi) is 17.8. The highest BCUT2D eigenvalue weighted by Crippen LogP contribution is 2.65. The summed E-state index contributed by atoms with van der Waals surface area (Å²) in [5.41, 5.74) is 46.0. The molecule has 2 heterocycles. The molecule has 0 bridgehead atoms. The monoisotopic (exact) mass is 1680 g/mol. The molecule has 0 aliphatic heterocycles. The van der Waals surface area contributed by atoms with E-state index in [9.17, 15) is 0 Å². The highest BCUT2D eigenvalue weighted by molar-refractivity contribution is 6.12. The van der Waals surface area contributed by atoms with Crippen LogP contribution in [0.15, 0.2) is 508 Å². The summed E-state index contributed by atoms with van der Waals surface area (Å²) in [6.45, 7) is 0. The van der Waals surface area contributed by atoms with Gasteiger partial charge < -0.3 is 18.8 Å². The topological polar surface area (TPSA) is 24.6 Å². The summed E-state index contributed by atoms with van der Waals surface area (Å²) >= 11 is 0. The van der Waals surface area contributed by atoms with E-state index in [2.05, 4.69) is 506 Å². The molecule has 0 N–H and O–H groups in total. The van der Waals surface area contributed by atoms with E-state index >= 15 is 0 Å². The van der Waals surface area contributed by atoms with Crippen molar-refractivity contribution in [2.45, 2.75) is 10.8 Å². The number of furan rings is 1. The number of rotatable bonds is 11. The van der Waals surface area contributed by atoms with Crippen molar-refractivity contribution in [1.29, 1.82) is 0 Å². The van der Waals surface area contributed by atoms with Crippen molar-refractivity contribution < 1.29 is 4.42 Å².